The number of rotatable bonds is 4. The summed E-state index contributed by atoms with van der Waals surface area (Å²) >= 11 is 1.45. The van der Waals surface area contributed by atoms with Crippen LogP contribution < -0.4 is 0 Å². The topological polar surface area (TPSA) is 69.6 Å². The van der Waals surface area contributed by atoms with Crippen LogP contribution in [0.3, 0.4) is 0 Å². The number of benzene rings is 1. The minimum absolute atomic E-state index is 0.296. The van der Waals surface area contributed by atoms with E-state index >= 15 is 0 Å². The lowest BCUT2D eigenvalue weighted by atomic mass is 10.2. The van der Waals surface area contributed by atoms with Gasteiger partial charge in [0.05, 0.1) is 5.75 Å². The molecule has 0 N–H and O–H groups in total. The van der Waals surface area contributed by atoms with Crippen LogP contribution in [-0.2, 0) is 12.8 Å². The molecule has 1 aromatic carbocycles. The Balaban J connectivity index is 1.71. The van der Waals surface area contributed by atoms with Crippen molar-refractivity contribution in [1.82, 2.24) is 24.9 Å². The summed E-state index contributed by atoms with van der Waals surface area (Å²) in [6.07, 6.45) is 1.63. The molecule has 0 spiro atoms. The summed E-state index contributed by atoms with van der Waals surface area (Å²) in [5, 5.41) is 12.4. The van der Waals surface area contributed by atoms with E-state index in [0.717, 1.165) is 5.16 Å². The highest BCUT2D eigenvalue weighted by Crippen LogP contribution is 2.21. The van der Waals surface area contributed by atoms with Crippen LogP contribution >= 0.6 is 11.8 Å². The number of halogens is 1. The molecule has 0 atom stereocenters. The molecule has 0 fully saturated rings. The summed E-state index contributed by atoms with van der Waals surface area (Å²) in [5.74, 6) is 1.13. The maximum absolute atomic E-state index is 12.8. The van der Waals surface area contributed by atoms with Crippen molar-refractivity contribution in [2.24, 2.45) is 7.05 Å². The number of aromatic nitrogens is 5. The highest BCUT2D eigenvalue weighted by Gasteiger charge is 2.10. The summed E-state index contributed by atoms with van der Waals surface area (Å²) in [7, 11) is 1.86. The minimum Gasteiger partial charge on any atom is -0.338 e. The van der Waals surface area contributed by atoms with Crippen molar-refractivity contribution >= 4 is 11.8 Å². The molecule has 0 bridgehead atoms. The van der Waals surface area contributed by atoms with Gasteiger partial charge in [-0.1, -0.05) is 16.9 Å². The van der Waals surface area contributed by atoms with Crippen molar-refractivity contribution in [1.29, 1.82) is 0 Å². The molecular weight excluding hydrogens is 281 g/mol. The van der Waals surface area contributed by atoms with Crippen LogP contribution in [0.15, 0.2) is 40.3 Å². The lowest BCUT2D eigenvalue weighted by molar-refractivity contribution is 0.391. The second-order valence-electron chi connectivity index (χ2n) is 4.03. The zero-order valence-corrected chi connectivity index (χ0v) is 11.3. The van der Waals surface area contributed by atoms with Crippen molar-refractivity contribution in [2.45, 2.75) is 10.9 Å². The summed E-state index contributed by atoms with van der Waals surface area (Å²) in [6.45, 7) is 0. The molecule has 0 aliphatic carbocycles. The number of hydrogen-bond acceptors (Lipinski definition) is 6. The van der Waals surface area contributed by atoms with Crippen LogP contribution in [0.1, 0.15) is 5.89 Å². The van der Waals surface area contributed by atoms with Gasteiger partial charge in [-0.15, -0.1) is 10.2 Å². The van der Waals surface area contributed by atoms with Gasteiger partial charge in [0.1, 0.15) is 12.1 Å². The number of nitrogens with zero attached hydrogens (tertiary/aromatic N) is 5. The van der Waals surface area contributed by atoms with Gasteiger partial charge in [-0.05, 0) is 24.3 Å². The molecule has 2 aromatic heterocycles. The maximum Gasteiger partial charge on any atom is 0.237 e. The maximum atomic E-state index is 12.8. The second-order valence-corrected chi connectivity index (χ2v) is 4.97. The molecule has 0 radical (unpaired) electrons. The predicted octanol–water partition coefficient (Wildman–Crippen LogP) is 2.30. The van der Waals surface area contributed by atoms with E-state index in [1.54, 1.807) is 18.5 Å². The molecule has 3 rings (SSSR count). The third kappa shape index (κ3) is 2.69. The van der Waals surface area contributed by atoms with Crippen molar-refractivity contribution < 1.29 is 8.91 Å². The first-order chi connectivity index (χ1) is 9.72. The summed E-state index contributed by atoms with van der Waals surface area (Å²) in [4.78, 5) is 4.26. The standard InChI is InChI=1S/C12H10FN5OS/c1-18-7-14-16-12(18)20-6-10-15-11(17-19-10)8-2-4-9(13)5-3-8/h2-5,7H,6H2,1H3. The van der Waals surface area contributed by atoms with Crippen molar-refractivity contribution in [3.05, 3.63) is 42.3 Å². The summed E-state index contributed by atoms with van der Waals surface area (Å²) in [6, 6.07) is 5.94. The van der Waals surface area contributed by atoms with E-state index in [4.69, 9.17) is 4.52 Å². The van der Waals surface area contributed by atoms with Crippen LogP contribution in [0.2, 0.25) is 0 Å². The zero-order valence-electron chi connectivity index (χ0n) is 10.5. The predicted molar refractivity (Wildman–Crippen MR) is 70.3 cm³/mol. The lowest BCUT2D eigenvalue weighted by Gasteiger charge is -1.95. The fourth-order valence-corrected chi connectivity index (χ4v) is 2.28. The fraction of sp³-hybridized carbons (Fsp3) is 0.167. The summed E-state index contributed by atoms with van der Waals surface area (Å²) < 4.78 is 19.8. The molecule has 0 aliphatic rings. The minimum atomic E-state index is -0.296. The molecular formula is C12H10FN5OS. The molecule has 0 saturated carbocycles. The van der Waals surface area contributed by atoms with E-state index < -0.39 is 0 Å². The Morgan fingerprint density at radius 2 is 2.10 bits per heavy atom. The van der Waals surface area contributed by atoms with Gasteiger partial charge in [-0.25, -0.2) is 4.39 Å². The molecule has 20 heavy (non-hydrogen) atoms. The molecule has 8 heteroatoms. The largest absolute Gasteiger partial charge is 0.338 e. The van der Waals surface area contributed by atoms with E-state index in [1.807, 2.05) is 11.6 Å². The Labute approximate surface area is 118 Å². The Kier molecular flexibility index (Phi) is 3.46. The SMILES string of the molecule is Cn1cnnc1SCc1nc(-c2ccc(F)cc2)no1. The van der Waals surface area contributed by atoms with E-state index in [2.05, 4.69) is 20.3 Å². The fourth-order valence-electron chi connectivity index (χ4n) is 1.56. The number of thioether (sulfide) groups is 1. The van der Waals surface area contributed by atoms with Crippen LogP contribution in [-0.4, -0.2) is 24.9 Å². The molecule has 0 saturated heterocycles. The van der Waals surface area contributed by atoms with E-state index in [9.17, 15) is 4.39 Å². The Bertz CT molecular complexity index is 709. The molecule has 0 aliphatic heterocycles. The highest BCUT2D eigenvalue weighted by molar-refractivity contribution is 7.98. The number of hydrogen-bond donors (Lipinski definition) is 0. The lowest BCUT2D eigenvalue weighted by Crippen LogP contribution is -1.90. The molecule has 3 aromatic rings. The zero-order chi connectivity index (χ0) is 13.9. The summed E-state index contributed by atoms with van der Waals surface area (Å²) in [5.41, 5.74) is 0.713. The van der Waals surface area contributed by atoms with Crippen LogP contribution in [0.25, 0.3) is 11.4 Å². The van der Waals surface area contributed by atoms with Crippen molar-refractivity contribution in [2.75, 3.05) is 0 Å². The normalized spacial score (nSPS) is 10.9. The smallest absolute Gasteiger partial charge is 0.237 e. The van der Waals surface area contributed by atoms with Crippen LogP contribution in [0, 0.1) is 5.82 Å². The third-order valence-electron chi connectivity index (χ3n) is 2.57. The molecule has 2 heterocycles. The van der Waals surface area contributed by atoms with E-state index in [-0.39, 0.29) is 5.82 Å². The molecule has 6 nitrogen and oxygen atoms in total. The van der Waals surface area contributed by atoms with Gasteiger partial charge < -0.3 is 9.09 Å². The second kappa shape index (κ2) is 5.41. The monoisotopic (exact) mass is 291 g/mol. The molecule has 0 amide bonds. The highest BCUT2D eigenvalue weighted by atomic mass is 32.2. The van der Waals surface area contributed by atoms with Crippen molar-refractivity contribution in [3.63, 3.8) is 0 Å². The van der Waals surface area contributed by atoms with E-state index in [1.165, 1.54) is 23.9 Å². The number of aryl methyl sites for hydroxylation is 1. The average molecular weight is 291 g/mol. The first-order valence-electron chi connectivity index (χ1n) is 5.78. The van der Waals surface area contributed by atoms with Crippen LogP contribution in [0.4, 0.5) is 4.39 Å². The van der Waals surface area contributed by atoms with Crippen molar-refractivity contribution in [3.8, 4) is 11.4 Å². The van der Waals surface area contributed by atoms with E-state index in [0.29, 0.717) is 23.0 Å². The van der Waals surface area contributed by atoms with Gasteiger partial charge in [0.15, 0.2) is 5.16 Å². The van der Waals surface area contributed by atoms with Gasteiger partial charge in [-0.2, -0.15) is 4.98 Å². The Hall–Kier alpha value is -2.22. The first-order valence-corrected chi connectivity index (χ1v) is 6.76. The van der Waals surface area contributed by atoms with Gasteiger partial charge in [0, 0.05) is 12.6 Å². The van der Waals surface area contributed by atoms with Gasteiger partial charge in [0.2, 0.25) is 11.7 Å². The Morgan fingerprint density at radius 1 is 1.30 bits per heavy atom. The molecule has 0 unspecified atom stereocenters. The average Bonchev–Trinajstić information content (AvgIpc) is 3.06. The van der Waals surface area contributed by atoms with Gasteiger partial charge >= 0.3 is 0 Å². The third-order valence-corrected chi connectivity index (χ3v) is 3.58. The van der Waals surface area contributed by atoms with Crippen LogP contribution in [0.5, 0.6) is 0 Å². The first kappa shape index (κ1) is 12.8. The van der Waals surface area contributed by atoms with Gasteiger partial charge in [-0.3, -0.25) is 0 Å². The Morgan fingerprint density at radius 3 is 2.80 bits per heavy atom. The quantitative estimate of drug-likeness (QED) is 0.687. The molecule has 102 valence electrons. The van der Waals surface area contributed by atoms with Gasteiger partial charge in [0.25, 0.3) is 0 Å².